The zero-order chi connectivity index (χ0) is 20.1. The van der Waals surface area contributed by atoms with Gasteiger partial charge in [0.15, 0.2) is 0 Å². The van der Waals surface area contributed by atoms with E-state index in [4.69, 9.17) is 0 Å². The molecule has 3 aromatic rings. The Morgan fingerprint density at radius 1 is 0.964 bits per heavy atom. The lowest BCUT2D eigenvalue weighted by atomic mass is 10.1. The van der Waals surface area contributed by atoms with Crippen LogP contribution in [-0.2, 0) is 6.54 Å². The number of nitrogens with zero attached hydrogens (tertiary/aromatic N) is 1. The van der Waals surface area contributed by atoms with Crippen LogP contribution in [0.1, 0.15) is 27.0 Å². The van der Waals surface area contributed by atoms with Crippen molar-refractivity contribution in [2.75, 3.05) is 10.6 Å². The van der Waals surface area contributed by atoms with E-state index in [1.54, 1.807) is 18.2 Å². The lowest BCUT2D eigenvalue weighted by Crippen LogP contribution is -2.13. The fourth-order valence-corrected chi connectivity index (χ4v) is 2.80. The smallest absolute Gasteiger partial charge is 0.293 e. The minimum absolute atomic E-state index is 0.135. The molecule has 0 aliphatic carbocycles. The molecular formula is C22H21N3O3. The van der Waals surface area contributed by atoms with Crippen LogP contribution in [0.15, 0.2) is 66.7 Å². The molecule has 0 saturated heterocycles. The maximum Gasteiger partial charge on any atom is 0.293 e. The van der Waals surface area contributed by atoms with Crippen molar-refractivity contribution in [2.45, 2.75) is 20.4 Å². The maximum absolute atomic E-state index is 12.5. The van der Waals surface area contributed by atoms with Crippen molar-refractivity contribution in [3.05, 3.63) is 99.1 Å². The van der Waals surface area contributed by atoms with Gasteiger partial charge in [0.25, 0.3) is 11.6 Å². The van der Waals surface area contributed by atoms with E-state index in [0.29, 0.717) is 17.9 Å². The molecule has 1 amide bonds. The minimum Gasteiger partial charge on any atom is -0.375 e. The van der Waals surface area contributed by atoms with Crippen molar-refractivity contribution in [2.24, 2.45) is 0 Å². The van der Waals surface area contributed by atoms with Crippen LogP contribution in [-0.4, -0.2) is 10.8 Å². The first-order chi connectivity index (χ1) is 13.4. The van der Waals surface area contributed by atoms with Gasteiger partial charge in [0.2, 0.25) is 0 Å². The van der Waals surface area contributed by atoms with Gasteiger partial charge in [-0.25, -0.2) is 0 Å². The second-order valence-electron chi connectivity index (χ2n) is 6.65. The average molecular weight is 375 g/mol. The fraction of sp³-hybridized carbons (Fsp3) is 0.136. The molecule has 6 nitrogen and oxygen atoms in total. The van der Waals surface area contributed by atoms with Crippen molar-refractivity contribution in [3.8, 4) is 0 Å². The largest absolute Gasteiger partial charge is 0.375 e. The van der Waals surface area contributed by atoms with Crippen molar-refractivity contribution < 1.29 is 9.72 Å². The maximum atomic E-state index is 12.5. The molecule has 6 heteroatoms. The Morgan fingerprint density at radius 3 is 2.39 bits per heavy atom. The number of hydrogen-bond donors (Lipinski definition) is 2. The van der Waals surface area contributed by atoms with E-state index in [9.17, 15) is 14.9 Å². The first-order valence-electron chi connectivity index (χ1n) is 8.88. The molecule has 0 unspecified atom stereocenters. The van der Waals surface area contributed by atoms with Gasteiger partial charge in [-0.15, -0.1) is 0 Å². The fourth-order valence-electron chi connectivity index (χ4n) is 2.80. The predicted molar refractivity (Wildman–Crippen MR) is 111 cm³/mol. The molecular weight excluding hydrogens is 354 g/mol. The molecule has 28 heavy (non-hydrogen) atoms. The van der Waals surface area contributed by atoms with Crippen molar-refractivity contribution in [1.82, 2.24) is 0 Å². The van der Waals surface area contributed by atoms with E-state index in [2.05, 4.69) is 10.6 Å². The summed E-state index contributed by atoms with van der Waals surface area (Å²) in [6.45, 7) is 4.38. The van der Waals surface area contributed by atoms with Gasteiger partial charge in [-0.05, 0) is 49.2 Å². The molecule has 0 aliphatic rings. The van der Waals surface area contributed by atoms with Crippen LogP contribution in [0.2, 0.25) is 0 Å². The van der Waals surface area contributed by atoms with E-state index in [1.165, 1.54) is 6.07 Å². The molecule has 3 rings (SSSR count). The molecule has 0 bridgehead atoms. The lowest BCUT2D eigenvalue weighted by Gasteiger charge is -2.10. The van der Waals surface area contributed by atoms with E-state index in [1.807, 2.05) is 56.3 Å². The van der Waals surface area contributed by atoms with Crippen molar-refractivity contribution >= 4 is 23.0 Å². The van der Waals surface area contributed by atoms with Gasteiger partial charge < -0.3 is 10.6 Å². The number of carbonyl (C=O) groups is 1. The summed E-state index contributed by atoms with van der Waals surface area (Å²) in [6.07, 6.45) is 0. The van der Waals surface area contributed by atoms with Crippen molar-refractivity contribution in [1.29, 1.82) is 0 Å². The number of nitrogens with one attached hydrogen (secondary N) is 2. The summed E-state index contributed by atoms with van der Waals surface area (Å²) in [4.78, 5) is 23.5. The number of nitro groups is 1. The molecule has 0 radical (unpaired) electrons. The van der Waals surface area contributed by atoms with Gasteiger partial charge in [-0.3, -0.25) is 14.9 Å². The second-order valence-corrected chi connectivity index (χ2v) is 6.65. The van der Waals surface area contributed by atoms with Crippen LogP contribution in [0.5, 0.6) is 0 Å². The van der Waals surface area contributed by atoms with Gasteiger partial charge in [0, 0.05) is 23.9 Å². The van der Waals surface area contributed by atoms with Crippen LogP contribution < -0.4 is 10.6 Å². The van der Waals surface area contributed by atoms with Crippen LogP contribution in [0.3, 0.4) is 0 Å². The van der Waals surface area contributed by atoms with E-state index >= 15 is 0 Å². The first-order valence-corrected chi connectivity index (χ1v) is 8.88. The van der Waals surface area contributed by atoms with E-state index in [0.717, 1.165) is 16.7 Å². The summed E-state index contributed by atoms with van der Waals surface area (Å²) in [6, 6.07) is 19.7. The van der Waals surface area contributed by atoms with Gasteiger partial charge >= 0.3 is 0 Å². The highest BCUT2D eigenvalue weighted by atomic mass is 16.6. The number of carbonyl (C=O) groups excluding carboxylic acids is 1. The Kier molecular flexibility index (Phi) is 5.69. The standard InChI is InChI=1S/C22H21N3O3/c1-15-6-8-17(9-7-15)14-23-20-11-10-18(13-21(20)25(27)28)22(26)24-19-5-3-4-16(2)12-19/h3-13,23H,14H2,1-2H3,(H,24,26). The highest BCUT2D eigenvalue weighted by Crippen LogP contribution is 2.27. The quantitative estimate of drug-likeness (QED) is 0.465. The molecule has 0 aliphatic heterocycles. The SMILES string of the molecule is Cc1ccc(CNc2ccc(C(=O)Nc3cccc(C)c3)cc2[N+](=O)[O-])cc1. The Labute approximate surface area is 163 Å². The third-order valence-corrected chi connectivity index (χ3v) is 4.34. The molecule has 142 valence electrons. The number of rotatable bonds is 6. The third-order valence-electron chi connectivity index (χ3n) is 4.34. The molecule has 0 fully saturated rings. The Hall–Kier alpha value is -3.67. The highest BCUT2D eigenvalue weighted by molar-refractivity contribution is 6.05. The molecule has 0 atom stereocenters. The Bertz CT molecular complexity index is 1010. The molecule has 0 saturated carbocycles. The summed E-state index contributed by atoms with van der Waals surface area (Å²) >= 11 is 0. The van der Waals surface area contributed by atoms with Crippen LogP contribution in [0.4, 0.5) is 17.1 Å². The summed E-state index contributed by atoms with van der Waals surface area (Å²) in [7, 11) is 0. The predicted octanol–water partition coefficient (Wildman–Crippen LogP) is 5.08. The van der Waals surface area contributed by atoms with Crippen LogP contribution in [0.25, 0.3) is 0 Å². The number of anilines is 2. The summed E-state index contributed by atoms with van der Waals surface area (Å²) in [5.41, 5.74) is 4.30. The minimum atomic E-state index is -0.485. The Morgan fingerprint density at radius 2 is 1.71 bits per heavy atom. The van der Waals surface area contributed by atoms with Gasteiger partial charge in [-0.2, -0.15) is 0 Å². The number of hydrogen-bond acceptors (Lipinski definition) is 4. The summed E-state index contributed by atoms with van der Waals surface area (Å²) in [5.74, 6) is -0.390. The topological polar surface area (TPSA) is 84.3 Å². The lowest BCUT2D eigenvalue weighted by molar-refractivity contribution is -0.384. The summed E-state index contributed by atoms with van der Waals surface area (Å²) < 4.78 is 0. The van der Waals surface area contributed by atoms with Gasteiger partial charge in [0.05, 0.1) is 4.92 Å². The van der Waals surface area contributed by atoms with Crippen molar-refractivity contribution in [3.63, 3.8) is 0 Å². The molecule has 0 spiro atoms. The first kappa shape index (κ1) is 19.1. The zero-order valence-electron chi connectivity index (χ0n) is 15.7. The van der Waals surface area contributed by atoms with Gasteiger partial charge in [0.1, 0.15) is 5.69 Å². The monoisotopic (exact) mass is 375 g/mol. The van der Waals surface area contributed by atoms with Crippen LogP contribution in [0, 0.1) is 24.0 Å². The zero-order valence-corrected chi connectivity index (χ0v) is 15.7. The number of nitro benzene ring substituents is 1. The number of benzene rings is 3. The highest BCUT2D eigenvalue weighted by Gasteiger charge is 2.17. The summed E-state index contributed by atoms with van der Waals surface area (Å²) in [5, 5.41) is 17.3. The molecule has 0 aromatic heterocycles. The van der Waals surface area contributed by atoms with Gasteiger partial charge in [-0.1, -0.05) is 42.0 Å². The van der Waals surface area contributed by atoms with E-state index < -0.39 is 10.8 Å². The Balaban J connectivity index is 1.77. The molecule has 0 heterocycles. The van der Waals surface area contributed by atoms with E-state index in [-0.39, 0.29) is 11.3 Å². The van der Waals surface area contributed by atoms with Crippen LogP contribution >= 0.6 is 0 Å². The third kappa shape index (κ3) is 4.73. The number of amides is 1. The average Bonchev–Trinajstić information content (AvgIpc) is 2.67. The number of aryl methyl sites for hydroxylation is 2. The second kappa shape index (κ2) is 8.35. The molecule has 2 N–H and O–H groups in total. The molecule has 3 aromatic carbocycles. The normalized spacial score (nSPS) is 10.4.